The number of hydrogen-bond acceptors (Lipinski definition) is 4. The van der Waals surface area contributed by atoms with Crippen LogP contribution in [0.15, 0.2) is 23.0 Å². The van der Waals surface area contributed by atoms with E-state index in [-0.39, 0.29) is 5.95 Å². The molecule has 3 N–H and O–H groups in total. The van der Waals surface area contributed by atoms with Crippen molar-refractivity contribution in [2.45, 2.75) is 13.8 Å². The van der Waals surface area contributed by atoms with Gasteiger partial charge in [-0.2, -0.15) is 9.97 Å². The fourth-order valence-electron chi connectivity index (χ4n) is 1.43. The molecular formula is C11H12N4O. The molecular weight excluding hydrogens is 204 g/mol. The van der Waals surface area contributed by atoms with Gasteiger partial charge in [0.25, 0.3) is 0 Å². The number of aryl methyl sites for hydroxylation is 2. The lowest BCUT2D eigenvalue weighted by atomic mass is 10.1. The molecule has 16 heavy (non-hydrogen) atoms. The highest BCUT2D eigenvalue weighted by Gasteiger charge is 2.04. The van der Waals surface area contributed by atoms with Gasteiger partial charge in [-0.15, -0.1) is 0 Å². The van der Waals surface area contributed by atoms with E-state index in [1.807, 2.05) is 32.0 Å². The number of nitrogens with zero attached hydrogens (tertiary/aromatic N) is 2. The number of rotatable bonds is 1. The summed E-state index contributed by atoms with van der Waals surface area (Å²) >= 11 is 0. The summed E-state index contributed by atoms with van der Waals surface area (Å²) in [6.45, 7) is 4.03. The first-order chi connectivity index (χ1) is 7.56. The zero-order valence-electron chi connectivity index (χ0n) is 9.11. The van der Waals surface area contributed by atoms with E-state index in [9.17, 15) is 4.79 Å². The number of aromatic nitrogens is 3. The first-order valence-electron chi connectivity index (χ1n) is 4.88. The van der Waals surface area contributed by atoms with Crippen molar-refractivity contribution in [1.29, 1.82) is 0 Å². The van der Waals surface area contributed by atoms with E-state index in [0.717, 1.165) is 11.1 Å². The van der Waals surface area contributed by atoms with Crippen LogP contribution in [0.5, 0.6) is 0 Å². The summed E-state index contributed by atoms with van der Waals surface area (Å²) in [7, 11) is 0. The number of nitrogens with two attached hydrogens (primary N) is 1. The summed E-state index contributed by atoms with van der Waals surface area (Å²) in [6, 6.07) is 5.81. The summed E-state index contributed by atoms with van der Waals surface area (Å²) < 4.78 is 0. The summed E-state index contributed by atoms with van der Waals surface area (Å²) in [5.41, 5.74) is 8.09. The van der Waals surface area contributed by atoms with Crippen molar-refractivity contribution in [2.75, 3.05) is 5.73 Å². The smallest absolute Gasteiger partial charge is 0.349 e. The molecule has 0 aliphatic carbocycles. The van der Waals surface area contributed by atoms with Crippen molar-refractivity contribution in [2.24, 2.45) is 0 Å². The second kappa shape index (κ2) is 3.77. The number of aromatic amines is 1. The number of H-pyrrole nitrogens is 1. The molecule has 0 spiro atoms. The van der Waals surface area contributed by atoms with Gasteiger partial charge >= 0.3 is 5.69 Å². The zero-order chi connectivity index (χ0) is 11.7. The van der Waals surface area contributed by atoms with Gasteiger partial charge in [-0.25, -0.2) is 4.79 Å². The molecule has 82 valence electrons. The van der Waals surface area contributed by atoms with Crippen LogP contribution in [0, 0.1) is 13.8 Å². The molecule has 0 aliphatic rings. The van der Waals surface area contributed by atoms with Gasteiger partial charge in [0, 0.05) is 5.56 Å². The van der Waals surface area contributed by atoms with Gasteiger partial charge < -0.3 is 5.73 Å². The number of hydrogen-bond donors (Lipinski definition) is 2. The van der Waals surface area contributed by atoms with Crippen molar-refractivity contribution in [3.05, 3.63) is 39.8 Å². The fraction of sp³-hybridized carbons (Fsp3) is 0.182. The Kier molecular flexibility index (Phi) is 2.44. The van der Waals surface area contributed by atoms with Crippen molar-refractivity contribution >= 4 is 5.95 Å². The third-order valence-corrected chi connectivity index (χ3v) is 2.45. The lowest BCUT2D eigenvalue weighted by Gasteiger charge is -2.04. The predicted molar refractivity (Wildman–Crippen MR) is 62.0 cm³/mol. The number of nitrogens with one attached hydrogen (secondary N) is 1. The molecule has 5 nitrogen and oxygen atoms in total. The molecule has 2 aromatic rings. The molecule has 0 atom stereocenters. The van der Waals surface area contributed by atoms with Crippen molar-refractivity contribution in [1.82, 2.24) is 15.0 Å². The Hall–Kier alpha value is -2.17. The number of anilines is 1. The van der Waals surface area contributed by atoms with E-state index in [0.29, 0.717) is 5.82 Å². The molecule has 0 bridgehead atoms. The lowest BCUT2D eigenvalue weighted by Crippen LogP contribution is -2.15. The van der Waals surface area contributed by atoms with Gasteiger partial charge in [0.1, 0.15) is 5.82 Å². The zero-order valence-corrected chi connectivity index (χ0v) is 9.11. The molecule has 0 unspecified atom stereocenters. The third kappa shape index (κ3) is 1.93. The van der Waals surface area contributed by atoms with Gasteiger partial charge in [-0.1, -0.05) is 12.1 Å². The van der Waals surface area contributed by atoms with E-state index in [1.54, 1.807) is 0 Å². The number of benzene rings is 1. The van der Waals surface area contributed by atoms with Gasteiger partial charge in [0.2, 0.25) is 5.95 Å². The molecule has 0 aliphatic heterocycles. The molecule has 0 saturated carbocycles. The largest absolute Gasteiger partial charge is 0.368 e. The molecule has 0 saturated heterocycles. The fourth-order valence-corrected chi connectivity index (χ4v) is 1.43. The van der Waals surface area contributed by atoms with E-state index in [1.165, 1.54) is 5.56 Å². The van der Waals surface area contributed by atoms with Crippen LogP contribution in [-0.2, 0) is 0 Å². The van der Waals surface area contributed by atoms with Crippen molar-refractivity contribution in [3.63, 3.8) is 0 Å². The van der Waals surface area contributed by atoms with Crippen LogP contribution < -0.4 is 11.4 Å². The Morgan fingerprint density at radius 1 is 1.19 bits per heavy atom. The normalized spacial score (nSPS) is 10.4. The van der Waals surface area contributed by atoms with E-state index in [2.05, 4.69) is 15.0 Å². The Labute approximate surface area is 92.4 Å². The third-order valence-electron chi connectivity index (χ3n) is 2.45. The Balaban J connectivity index is 2.58. The second-order valence-electron chi connectivity index (χ2n) is 3.66. The van der Waals surface area contributed by atoms with Crippen molar-refractivity contribution in [3.8, 4) is 11.4 Å². The highest BCUT2D eigenvalue weighted by Crippen LogP contribution is 2.17. The molecule has 0 fully saturated rings. The molecule has 1 aromatic carbocycles. The summed E-state index contributed by atoms with van der Waals surface area (Å²) in [6.07, 6.45) is 0. The first kappa shape index (κ1) is 10.4. The maximum atomic E-state index is 11.1. The average Bonchev–Trinajstić information content (AvgIpc) is 2.20. The van der Waals surface area contributed by atoms with E-state index < -0.39 is 5.69 Å². The highest BCUT2D eigenvalue weighted by atomic mass is 16.1. The SMILES string of the molecule is Cc1ccc(-c2nc(N)nc(=O)[nH]2)cc1C. The van der Waals surface area contributed by atoms with Crippen LogP contribution in [0.1, 0.15) is 11.1 Å². The van der Waals surface area contributed by atoms with Gasteiger partial charge in [-0.05, 0) is 31.0 Å². The topological polar surface area (TPSA) is 84.7 Å². The van der Waals surface area contributed by atoms with E-state index >= 15 is 0 Å². The monoisotopic (exact) mass is 216 g/mol. The Morgan fingerprint density at radius 2 is 1.94 bits per heavy atom. The molecule has 2 rings (SSSR count). The van der Waals surface area contributed by atoms with Crippen LogP contribution in [0.25, 0.3) is 11.4 Å². The van der Waals surface area contributed by atoms with Crippen LogP contribution in [0.4, 0.5) is 5.95 Å². The molecule has 0 radical (unpaired) electrons. The van der Waals surface area contributed by atoms with Gasteiger partial charge in [-0.3, -0.25) is 4.98 Å². The maximum absolute atomic E-state index is 11.1. The standard InChI is InChI=1S/C11H12N4O/c1-6-3-4-8(5-7(6)2)9-13-10(12)15-11(16)14-9/h3-5H,1-2H3,(H3,12,13,14,15,16). The maximum Gasteiger partial charge on any atom is 0.349 e. The summed E-state index contributed by atoms with van der Waals surface area (Å²) in [5, 5.41) is 0. The van der Waals surface area contributed by atoms with Crippen LogP contribution in [0.3, 0.4) is 0 Å². The van der Waals surface area contributed by atoms with Crippen LogP contribution in [-0.4, -0.2) is 15.0 Å². The average molecular weight is 216 g/mol. The predicted octanol–water partition coefficient (Wildman–Crippen LogP) is 1.03. The highest BCUT2D eigenvalue weighted by molar-refractivity contribution is 5.57. The Bertz CT molecular complexity index is 589. The quantitative estimate of drug-likeness (QED) is 0.745. The second-order valence-corrected chi connectivity index (χ2v) is 3.66. The van der Waals surface area contributed by atoms with Crippen LogP contribution >= 0.6 is 0 Å². The molecule has 5 heteroatoms. The summed E-state index contributed by atoms with van der Waals surface area (Å²) in [5.74, 6) is 0.428. The minimum Gasteiger partial charge on any atom is -0.368 e. The molecule has 0 amide bonds. The minimum absolute atomic E-state index is 0.0167. The Morgan fingerprint density at radius 3 is 2.56 bits per heavy atom. The van der Waals surface area contributed by atoms with Gasteiger partial charge in [0.15, 0.2) is 0 Å². The summed E-state index contributed by atoms with van der Waals surface area (Å²) in [4.78, 5) is 21.1. The molecule has 1 aromatic heterocycles. The first-order valence-corrected chi connectivity index (χ1v) is 4.88. The number of nitrogen functional groups attached to an aromatic ring is 1. The molecule has 1 heterocycles. The van der Waals surface area contributed by atoms with Crippen molar-refractivity contribution < 1.29 is 0 Å². The lowest BCUT2D eigenvalue weighted by molar-refractivity contribution is 1.01. The van der Waals surface area contributed by atoms with Gasteiger partial charge in [0.05, 0.1) is 0 Å². The van der Waals surface area contributed by atoms with Crippen LogP contribution in [0.2, 0.25) is 0 Å². The minimum atomic E-state index is -0.485. The van der Waals surface area contributed by atoms with E-state index in [4.69, 9.17) is 5.73 Å².